The van der Waals surface area contributed by atoms with E-state index < -0.39 is 6.04 Å². The molecule has 1 N–H and O–H groups in total. The van der Waals surface area contributed by atoms with Gasteiger partial charge in [0.15, 0.2) is 0 Å². The van der Waals surface area contributed by atoms with Crippen LogP contribution < -0.4 is 10.2 Å². The maximum atomic E-state index is 13.6. The number of carbonyl (C=O) groups is 2. The van der Waals surface area contributed by atoms with E-state index in [9.17, 15) is 9.59 Å². The molecule has 1 fully saturated rings. The van der Waals surface area contributed by atoms with E-state index in [0.29, 0.717) is 0 Å². The predicted octanol–water partition coefficient (Wildman–Crippen LogP) is 5.49. The Hall–Kier alpha value is -2.44. The molecule has 0 radical (unpaired) electrons. The van der Waals surface area contributed by atoms with Crippen molar-refractivity contribution in [1.29, 1.82) is 0 Å². The molecule has 1 aliphatic carbocycles. The molecule has 1 aromatic carbocycles. The van der Waals surface area contributed by atoms with Gasteiger partial charge in [-0.2, -0.15) is 0 Å². The van der Waals surface area contributed by atoms with Gasteiger partial charge in [0, 0.05) is 21.5 Å². The first kappa shape index (κ1) is 20.8. The van der Waals surface area contributed by atoms with E-state index in [2.05, 4.69) is 5.32 Å². The molecule has 1 aliphatic rings. The maximum Gasteiger partial charge on any atom is 0.248 e. The van der Waals surface area contributed by atoms with E-state index in [1.165, 1.54) is 11.3 Å². The molecule has 1 atom stereocenters. The summed E-state index contributed by atoms with van der Waals surface area (Å²) < 4.78 is 0. The van der Waals surface area contributed by atoms with Crippen molar-refractivity contribution in [3.8, 4) is 0 Å². The van der Waals surface area contributed by atoms with Crippen molar-refractivity contribution >= 4 is 40.2 Å². The average molecular weight is 439 g/mol. The molecule has 6 heteroatoms. The number of thiophene rings is 2. The van der Waals surface area contributed by atoms with E-state index in [0.717, 1.165) is 46.7 Å². The highest BCUT2D eigenvalue weighted by molar-refractivity contribution is 7.10. The number of amides is 2. The summed E-state index contributed by atoms with van der Waals surface area (Å²) in [6.45, 7) is 2.00. The quantitative estimate of drug-likeness (QED) is 0.530. The average Bonchev–Trinajstić information content (AvgIpc) is 3.49. The molecular weight excluding hydrogens is 412 g/mol. The van der Waals surface area contributed by atoms with E-state index in [1.807, 2.05) is 66.2 Å². The Bertz CT molecular complexity index is 977. The molecule has 4 rings (SSSR count). The van der Waals surface area contributed by atoms with E-state index in [1.54, 1.807) is 16.2 Å². The summed E-state index contributed by atoms with van der Waals surface area (Å²) >= 11 is 3.08. The number of rotatable bonds is 7. The second kappa shape index (κ2) is 9.58. The van der Waals surface area contributed by atoms with Crippen LogP contribution in [0.25, 0.3) is 0 Å². The molecule has 0 spiro atoms. The van der Waals surface area contributed by atoms with Gasteiger partial charge in [-0.15, -0.1) is 22.7 Å². The van der Waals surface area contributed by atoms with Crippen molar-refractivity contribution in [2.24, 2.45) is 0 Å². The van der Waals surface area contributed by atoms with E-state index in [4.69, 9.17) is 0 Å². The summed E-state index contributed by atoms with van der Waals surface area (Å²) in [4.78, 5) is 30.6. The first-order valence-corrected chi connectivity index (χ1v) is 12.1. The number of hydrogen-bond donors (Lipinski definition) is 1. The molecule has 4 nitrogen and oxygen atoms in total. The predicted molar refractivity (Wildman–Crippen MR) is 124 cm³/mol. The van der Waals surface area contributed by atoms with E-state index in [-0.39, 0.29) is 24.3 Å². The molecule has 0 saturated heterocycles. The fourth-order valence-electron chi connectivity index (χ4n) is 4.03. The Morgan fingerprint density at radius 1 is 1.07 bits per heavy atom. The third kappa shape index (κ3) is 4.82. The molecule has 0 unspecified atom stereocenters. The lowest BCUT2D eigenvalue weighted by molar-refractivity contribution is -0.126. The van der Waals surface area contributed by atoms with Crippen molar-refractivity contribution in [3.63, 3.8) is 0 Å². The van der Waals surface area contributed by atoms with Gasteiger partial charge in [0.25, 0.3) is 0 Å². The van der Waals surface area contributed by atoms with Gasteiger partial charge in [0.2, 0.25) is 11.8 Å². The van der Waals surface area contributed by atoms with Crippen LogP contribution in [0.1, 0.15) is 47.0 Å². The van der Waals surface area contributed by atoms with Crippen LogP contribution in [0.3, 0.4) is 0 Å². The van der Waals surface area contributed by atoms with Crippen LogP contribution in [0.2, 0.25) is 0 Å². The van der Waals surface area contributed by atoms with Gasteiger partial charge >= 0.3 is 0 Å². The first-order chi connectivity index (χ1) is 14.6. The molecule has 0 aliphatic heterocycles. The number of aryl methyl sites for hydroxylation is 1. The molecule has 0 bridgehead atoms. The number of hydrogen-bond acceptors (Lipinski definition) is 4. The molecule has 2 heterocycles. The molecule has 2 amide bonds. The lowest BCUT2D eigenvalue weighted by atomic mass is 10.1. The van der Waals surface area contributed by atoms with Gasteiger partial charge in [0.1, 0.15) is 6.04 Å². The van der Waals surface area contributed by atoms with Crippen LogP contribution in [0.5, 0.6) is 0 Å². The topological polar surface area (TPSA) is 49.4 Å². The highest BCUT2D eigenvalue weighted by atomic mass is 32.1. The number of anilines is 1. The van der Waals surface area contributed by atoms with Gasteiger partial charge in [-0.05, 0) is 60.4 Å². The summed E-state index contributed by atoms with van der Waals surface area (Å²) in [5, 5.41) is 7.16. The summed E-state index contributed by atoms with van der Waals surface area (Å²) in [6.07, 6.45) is 4.60. The molecule has 30 heavy (non-hydrogen) atoms. The van der Waals surface area contributed by atoms with Crippen LogP contribution >= 0.6 is 22.7 Å². The third-order valence-electron chi connectivity index (χ3n) is 5.47. The van der Waals surface area contributed by atoms with Gasteiger partial charge in [-0.25, -0.2) is 0 Å². The van der Waals surface area contributed by atoms with E-state index >= 15 is 0 Å². The summed E-state index contributed by atoms with van der Waals surface area (Å²) in [5.74, 6) is -0.159. The van der Waals surface area contributed by atoms with Crippen molar-refractivity contribution in [3.05, 3.63) is 74.6 Å². The molecule has 1 saturated carbocycles. The minimum atomic E-state index is -0.667. The fourth-order valence-corrected chi connectivity index (χ4v) is 5.54. The van der Waals surface area contributed by atoms with Crippen LogP contribution in [-0.4, -0.2) is 17.9 Å². The van der Waals surface area contributed by atoms with Crippen LogP contribution in [0, 0.1) is 6.92 Å². The summed E-state index contributed by atoms with van der Waals surface area (Å²) in [7, 11) is 0. The fraction of sp³-hybridized carbons (Fsp3) is 0.333. The number of nitrogens with one attached hydrogen (secondary N) is 1. The molecule has 156 valence electrons. The normalized spacial score (nSPS) is 15.1. The van der Waals surface area contributed by atoms with Crippen LogP contribution in [0.15, 0.2) is 59.3 Å². The zero-order chi connectivity index (χ0) is 20.9. The Kier molecular flexibility index (Phi) is 6.65. The standard InChI is InChI=1S/C24H26N2O2S2/c1-17-7-4-10-19(15-17)26(22(27)16-20-11-5-13-29-20)23(21-12-6-14-30-21)24(28)25-18-8-2-3-9-18/h4-7,10-15,18,23H,2-3,8-9,16H2,1H3,(H,25,28)/t23-/m1/s1. The second-order valence-corrected chi connectivity index (χ2v) is 9.78. The Morgan fingerprint density at radius 2 is 1.83 bits per heavy atom. The Balaban J connectivity index is 1.71. The Morgan fingerprint density at radius 3 is 2.50 bits per heavy atom. The van der Waals surface area contributed by atoms with Gasteiger partial charge in [-0.3, -0.25) is 14.5 Å². The van der Waals surface area contributed by atoms with Crippen molar-refractivity contribution < 1.29 is 9.59 Å². The zero-order valence-corrected chi connectivity index (χ0v) is 18.7. The van der Waals surface area contributed by atoms with Crippen molar-refractivity contribution in [2.45, 2.75) is 51.1 Å². The number of nitrogens with zero attached hydrogens (tertiary/aromatic N) is 1. The van der Waals surface area contributed by atoms with Gasteiger partial charge in [0.05, 0.1) is 6.42 Å². The lowest BCUT2D eigenvalue weighted by Crippen LogP contribution is -2.46. The molecule has 2 aromatic heterocycles. The second-order valence-electron chi connectivity index (χ2n) is 7.77. The van der Waals surface area contributed by atoms with Gasteiger partial charge < -0.3 is 5.32 Å². The van der Waals surface area contributed by atoms with Crippen LogP contribution in [0.4, 0.5) is 5.69 Å². The van der Waals surface area contributed by atoms with Gasteiger partial charge in [-0.1, -0.05) is 37.1 Å². The van der Waals surface area contributed by atoms with Crippen LogP contribution in [-0.2, 0) is 16.0 Å². The lowest BCUT2D eigenvalue weighted by Gasteiger charge is -2.31. The van der Waals surface area contributed by atoms with Crippen molar-refractivity contribution in [1.82, 2.24) is 5.32 Å². The minimum absolute atomic E-state index is 0.0666. The minimum Gasteiger partial charge on any atom is -0.351 e. The largest absolute Gasteiger partial charge is 0.351 e. The summed E-state index contributed by atoms with van der Waals surface area (Å²) in [6, 6.07) is 15.2. The van der Waals surface area contributed by atoms with Crippen molar-refractivity contribution in [2.75, 3.05) is 4.90 Å². The smallest absolute Gasteiger partial charge is 0.248 e. The summed E-state index contributed by atoms with van der Waals surface area (Å²) in [5.41, 5.74) is 1.82. The highest BCUT2D eigenvalue weighted by Gasteiger charge is 2.35. The monoisotopic (exact) mass is 438 g/mol. The number of benzene rings is 1. The number of carbonyl (C=O) groups excluding carboxylic acids is 2. The maximum absolute atomic E-state index is 13.6. The Labute approximate surface area is 185 Å². The zero-order valence-electron chi connectivity index (χ0n) is 17.0. The first-order valence-electron chi connectivity index (χ1n) is 10.4. The SMILES string of the molecule is Cc1cccc(N(C(=O)Cc2cccs2)[C@@H](C(=O)NC2CCCC2)c2cccs2)c1. The highest BCUT2D eigenvalue weighted by Crippen LogP contribution is 2.33. The molecule has 3 aromatic rings. The molecular formula is C24H26N2O2S2. The third-order valence-corrected chi connectivity index (χ3v) is 7.28.